The summed E-state index contributed by atoms with van der Waals surface area (Å²) in [5, 5.41) is 17.4. The Morgan fingerprint density at radius 1 is 1.41 bits per heavy atom. The van der Waals surface area contributed by atoms with Gasteiger partial charge in [0.05, 0.1) is 5.56 Å². The summed E-state index contributed by atoms with van der Waals surface area (Å²) in [6.45, 7) is 5.25. The van der Waals surface area contributed by atoms with Crippen molar-refractivity contribution in [1.82, 2.24) is 0 Å². The minimum atomic E-state index is -4.59. The Labute approximate surface area is 95.8 Å². The normalized spacial score (nSPS) is 10.1. The quantitative estimate of drug-likeness (QED) is 0.749. The standard InChI is InChI=1S/C8H5F3O3.C3H6/c9-8(10,11)4-1-2-5(7(13)14)6(12)3-4;1-3-2/h1-3,12H,(H,13,14);3H,1H2,2H3. The fraction of sp³-hybridized carbons (Fsp3) is 0.182. The molecule has 0 bridgehead atoms. The van der Waals surface area contributed by atoms with Gasteiger partial charge in [-0.1, -0.05) is 6.08 Å². The third-order valence-corrected chi connectivity index (χ3v) is 1.56. The maximum atomic E-state index is 12.0. The van der Waals surface area contributed by atoms with Crippen LogP contribution in [0, 0.1) is 0 Å². The molecule has 0 radical (unpaired) electrons. The summed E-state index contributed by atoms with van der Waals surface area (Å²) < 4.78 is 36.1. The summed E-state index contributed by atoms with van der Waals surface area (Å²) in [5.74, 6) is -2.37. The number of allylic oxidation sites excluding steroid dienone is 1. The van der Waals surface area contributed by atoms with Crippen LogP contribution in [0.2, 0.25) is 0 Å². The van der Waals surface area contributed by atoms with Crippen LogP contribution in [0.15, 0.2) is 30.9 Å². The highest BCUT2D eigenvalue weighted by atomic mass is 19.4. The van der Waals surface area contributed by atoms with Crippen LogP contribution in [-0.4, -0.2) is 16.2 Å². The molecule has 17 heavy (non-hydrogen) atoms. The number of hydrogen-bond acceptors (Lipinski definition) is 2. The van der Waals surface area contributed by atoms with E-state index in [1.165, 1.54) is 0 Å². The second-order valence-electron chi connectivity index (χ2n) is 2.94. The third-order valence-electron chi connectivity index (χ3n) is 1.56. The summed E-state index contributed by atoms with van der Waals surface area (Å²) in [4.78, 5) is 10.3. The maximum absolute atomic E-state index is 12.0. The van der Waals surface area contributed by atoms with Gasteiger partial charge in [0.1, 0.15) is 11.3 Å². The van der Waals surface area contributed by atoms with Crippen molar-refractivity contribution in [2.75, 3.05) is 0 Å². The van der Waals surface area contributed by atoms with Gasteiger partial charge in [-0.05, 0) is 25.1 Å². The Kier molecular flexibility index (Phi) is 5.24. The molecule has 0 saturated carbocycles. The van der Waals surface area contributed by atoms with Gasteiger partial charge < -0.3 is 10.2 Å². The maximum Gasteiger partial charge on any atom is 0.416 e. The number of halogens is 3. The Hall–Kier alpha value is -1.98. The second-order valence-corrected chi connectivity index (χ2v) is 2.94. The fourth-order valence-corrected chi connectivity index (χ4v) is 0.889. The van der Waals surface area contributed by atoms with Gasteiger partial charge in [0, 0.05) is 0 Å². The molecule has 1 rings (SSSR count). The van der Waals surface area contributed by atoms with Crippen LogP contribution in [0.3, 0.4) is 0 Å². The van der Waals surface area contributed by atoms with Crippen molar-refractivity contribution in [2.24, 2.45) is 0 Å². The molecule has 0 atom stereocenters. The van der Waals surface area contributed by atoms with E-state index in [4.69, 9.17) is 10.2 Å². The topological polar surface area (TPSA) is 57.5 Å². The number of benzene rings is 1. The van der Waals surface area contributed by atoms with Crippen LogP contribution in [0.1, 0.15) is 22.8 Å². The fourth-order valence-electron chi connectivity index (χ4n) is 0.889. The minimum Gasteiger partial charge on any atom is -0.507 e. The molecule has 0 aliphatic rings. The summed E-state index contributed by atoms with van der Waals surface area (Å²) >= 11 is 0. The highest BCUT2D eigenvalue weighted by Gasteiger charge is 2.31. The molecule has 0 aromatic heterocycles. The lowest BCUT2D eigenvalue weighted by atomic mass is 10.1. The first-order valence-corrected chi connectivity index (χ1v) is 4.44. The average Bonchev–Trinajstić information content (AvgIpc) is 2.16. The lowest BCUT2D eigenvalue weighted by Crippen LogP contribution is -2.06. The summed E-state index contributed by atoms with van der Waals surface area (Å²) in [5.41, 5.74) is -1.64. The van der Waals surface area contributed by atoms with Crippen molar-refractivity contribution in [3.63, 3.8) is 0 Å². The first-order valence-electron chi connectivity index (χ1n) is 4.44. The van der Waals surface area contributed by atoms with Crippen LogP contribution in [0.5, 0.6) is 5.75 Å². The molecule has 94 valence electrons. The van der Waals surface area contributed by atoms with Gasteiger partial charge in [-0.15, -0.1) is 6.58 Å². The molecule has 0 unspecified atom stereocenters. The number of alkyl halides is 3. The zero-order chi connectivity index (χ0) is 13.6. The number of hydrogen-bond donors (Lipinski definition) is 2. The van der Waals surface area contributed by atoms with Gasteiger partial charge in [-0.2, -0.15) is 13.2 Å². The number of phenols is 1. The predicted octanol–water partition coefficient (Wildman–Crippen LogP) is 3.30. The second kappa shape index (κ2) is 5.93. The van der Waals surface area contributed by atoms with E-state index < -0.39 is 29.0 Å². The van der Waals surface area contributed by atoms with Crippen molar-refractivity contribution >= 4 is 5.97 Å². The Morgan fingerprint density at radius 3 is 2.18 bits per heavy atom. The lowest BCUT2D eigenvalue weighted by molar-refractivity contribution is -0.137. The molecular formula is C11H11F3O3. The monoisotopic (exact) mass is 248 g/mol. The number of carboxylic acid groups (broad SMARTS) is 1. The van der Waals surface area contributed by atoms with Crippen molar-refractivity contribution in [3.8, 4) is 5.75 Å². The first kappa shape index (κ1) is 15.0. The number of carbonyl (C=O) groups is 1. The zero-order valence-corrected chi connectivity index (χ0v) is 8.95. The average molecular weight is 248 g/mol. The predicted molar refractivity (Wildman–Crippen MR) is 55.9 cm³/mol. The Balaban J connectivity index is 0.000000770. The van der Waals surface area contributed by atoms with Crippen LogP contribution in [0.25, 0.3) is 0 Å². The van der Waals surface area contributed by atoms with E-state index in [1.807, 2.05) is 6.92 Å². The molecule has 1 aromatic carbocycles. The largest absolute Gasteiger partial charge is 0.507 e. The molecule has 0 fully saturated rings. The molecule has 3 nitrogen and oxygen atoms in total. The van der Waals surface area contributed by atoms with Gasteiger partial charge in [0.2, 0.25) is 0 Å². The summed E-state index contributed by atoms with van der Waals surface area (Å²) in [6.07, 6.45) is -2.84. The van der Waals surface area contributed by atoms with Gasteiger partial charge in [-0.25, -0.2) is 4.79 Å². The van der Waals surface area contributed by atoms with Crippen molar-refractivity contribution in [1.29, 1.82) is 0 Å². The van der Waals surface area contributed by atoms with Gasteiger partial charge >= 0.3 is 12.1 Å². The number of aromatic carboxylic acids is 1. The van der Waals surface area contributed by atoms with Crippen LogP contribution in [0.4, 0.5) is 13.2 Å². The van der Waals surface area contributed by atoms with Gasteiger partial charge in [-0.3, -0.25) is 0 Å². The Bertz CT molecular complexity index is 411. The van der Waals surface area contributed by atoms with Crippen LogP contribution < -0.4 is 0 Å². The van der Waals surface area contributed by atoms with E-state index in [1.54, 1.807) is 6.08 Å². The molecule has 6 heteroatoms. The molecule has 0 aliphatic carbocycles. The number of rotatable bonds is 1. The molecule has 1 aromatic rings. The van der Waals surface area contributed by atoms with Crippen LogP contribution in [-0.2, 0) is 6.18 Å². The summed E-state index contributed by atoms with van der Waals surface area (Å²) in [7, 11) is 0. The number of carboxylic acids is 1. The van der Waals surface area contributed by atoms with Crippen molar-refractivity contribution in [2.45, 2.75) is 13.1 Å². The molecule has 0 heterocycles. The van der Waals surface area contributed by atoms with Crippen LogP contribution >= 0.6 is 0 Å². The van der Waals surface area contributed by atoms with E-state index in [0.29, 0.717) is 18.2 Å². The molecule has 2 N–H and O–H groups in total. The van der Waals surface area contributed by atoms with Gasteiger partial charge in [0.25, 0.3) is 0 Å². The highest BCUT2D eigenvalue weighted by molar-refractivity contribution is 5.90. The van der Waals surface area contributed by atoms with E-state index in [0.717, 1.165) is 0 Å². The van der Waals surface area contributed by atoms with E-state index in [2.05, 4.69) is 6.58 Å². The Morgan fingerprint density at radius 2 is 1.88 bits per heavy atom. The molecule has 0 amide bonds. The van der Waals surface area contributed by atoms with Crippen molar-refractivity contribution in [3.05, 3.63) is 42.0 Å². The number of aromatic hydroxyl groups is 1. The third kappa shape index (κ3) is 4.58. The summed E-state index contributed by atoms with van der Waals surface area (Å²) in [6, 6.07) is 1.69. The molecular weight excluding hydrogens is 237 g/mol. The lowest BCUT2D eigenvalue weighted by Gasteiger charge is -2.07. The molecule has 0 aliphatic heterocycles. The molecule has 0 saturated heterocycles. The van der Waals surface area contributed by atoms with E-state index >= 15 is 0 Å². The highest BCUT2D eigenvalue weighted by Crippen LogP contribution is 2.32. The minimum absolute atomic E-state index is 0.378. The van der Waals surface area contributed by atoms with Crippen molar-refractivity contribution < 1.29 is 28.2 Å². The van der Waals surface area contributed by atoms with Gasteiger partial charge in [0.15, 0.2) is 0 Å². The smallest absolute Gasteiger partial charge is 0.416 e. The first-order chi connectivity index (χ1) is 7.73. The van der Waals surface area contributed by atoms with E-state index in [-0.39, 0.29) is 0 Å². The van der Waals surface area contributed by atoms with E-state index in [9.17, 15) is 18.0 Å². The molecule has 0 spiro atoms. The SMILES string of the molecule is C=CC.O=C(O)c1ccc(C(F)(F)F)cc1O. The zero-order valence-electron chi connectivity index (χ0n) is 8.95.